The Balaban J connectivity index is 2.31. The van der Waals surface area contributed by atoms with E-state index in [9.17, 15) is 4.79 Å². The Morgan fingerprint density at radius 3 is 2.40 bits per heavy atom. The Labute approximate surface area is 75.1 Å². The second kappa shape index (κ2) is 2.87. The fourth-order valence-electron chi connectivity index (χ4n) is 0.260. The summed E-state index contributed by atoms with van der Waals surface area (Å²) in [7, 11) is 0. The van der Waals surface area contributed by atoms with Gasteiger partial charge in [0.2, 0.25) is 0 Å². The van der Waals surface area contributed by atoms with Crippen LogP contribution in [0.15, 0.2) is 0 Å². The van der Waals surface area contributed by atoms with Crippen LogP contribution < -0.4 is 0 Å². The Bertz CT molecular complexity index is 157. The summed E-state index contributed by atoms with van der Waals surface area (Å²) in [6, 6.07) is 0. The number of hydrogen-bond acceptors (Lipinski definition) is 4. The molecule has 10 heavy (non-hydrogen) atoms. The summed E-state index contributed by atoms with van der Waals surface area (Å²) in [6.45, 7) is 0. The van der Waals surface area contributed by atoms with E-state index in [0.717, 1.165) is 16.9 Å². The molecule has 7 heteroatoms. The van der Waals surface area contributed by atoms with E-state index in [2.05, 4.69) is 14.5 Å². The van der Waals surface area contributed by atoms with Crippen LogP contribution in [0, 0.1) is 0 Å². The first-order chi connectivity index (χ1) is 4.53. The minimum atomic E-state index is -1.20. The Hall–Kier alpha value is 0.528. The minimum absolute atomic E-state index is 0.773. The van der Waals surface area contributed by atoms with E-state index in [-0.39, 0.29) is 0 Å². The number of halogens is 2. The molecule has 4 nitrogen and oxygen atoms in total. The van der Waals surface area contributed by atoms with Gasteiger partial charge in [0, 0.05) is 0 Å². The fraction of sp³-hybridized carbons (Fsp3) is 0.667. The van der Waals surface area contributed by atoms with E-state index >= 15 is 0 Å². The van der Waals surface area contributed by atoms with Crippen LogP contribution in [-0.4, -0.2) is 32.4 Å². The molecule has 1 aliphatic rings. The van der Waals surface area contributed by atoms with Crippen molar-refractivity contribution in [2.75, 3.05) is 0 Å². The van der Waals surface area contributed by atoms with Crippen molar-refractivity contribution in [1.29, 1.82) is 0 Å². The molecule has 58 valence electrons. The predicted octanol–water partition coefficient (Wildman–Crippen LogP) is -0.461. The van der Waals surface area contributed by atoms with Crippen molar-refractivity contribution in [3.05, 3.63) is 0 Å². The number of esters is 1. The van der Waals surface area contributed by atoms with E-state index < -0.39 is 15.6 Å². The van der Waals surface area contributed by atoms with Gasteiger partial charge in [-0.15, -0.1) is 0 Å². The molecule has 0 radical (unpaired) electrons. The standard InChI is InChI=1S/C3H3AsCl2O4/c4-3(9-10-3)8-2(7)1(5)6/h1H,4H2. The molecule has 0 aliphatic carbocycles. The maximum absolute atomic E-state index is 10.6. The van der Waals surface area contributed by atoms with Crippen molar-refractivity contribution in [1.82, 2.24) is 0 Å². The molecule has 0 amide bonds. The van der Waals surface area contributed by atoms with Crippen LogP contribution in [0.25, 0.3) is 0 Å². The van der Waals surface area contributed by atoms with Crippen molar-refractivity contribution in [2.24, 2.45) is 0 Å². The average Bonchev–Trinajstić information content (AvgIpc) is 2.47. The molecule has 1 heterocycles. The van der Waals surface area contributed by atoms with Crippen LogP contribution >= 0.6 is 23.2 Å². The van der Waals surface area contributed by atoms with Gasteiger partial charge in [0.05, 0.1) is 0 Å². The molecule has 1 unspecified atom stereocenters. The van der Waals surface area contributed by atoms with Gasteiger partial charge in [-0.1, -0.05) is 0 Å². The van der Waals surface area contributed by atoms with Crippen molar-refractivity contribution >= 4 is 46.0 Å². The number of ether oxygens (including phenoxy) is 1. The SMILES string of the molecule is O=C(OC1([AsH2])OO1)C(Cl)Cl. The van der Waals surface area contributed by atoms with E-state index in [0.29, 0.717) is 0 Å². The molecule has 0 saturated carbocycles. The zero-order valence-electron chi connectivity index (χ0n) is 4.54. The Morgan fingerprint density at radius 2 is 2.10 bits per heavy atom. The number of alkyl halides is 2. The molecule has 0 aromatic rings. The summed E-state index contributed by atoms with van der Waals surface area (Å²) in [5.74, 6) is -0.773. The van der Waals surface area contributed by atoms with Gasteiger partial charge in [0.15, 0.2) is 0 Å². The molecule has 1 fully saturated rings. The van der Waals surface area contributed by atoms with Crippen LogP contribution in [0.1, 0.15) is 0 Å². The van der Waals surface area contributed by atoms with Gasteiger partial charge in [-0.3, -0.25) is 0 Å². The predicted molar refractivity (Wildman–Crippen MR) is 35.0 cm³/mol. The quantitative estimate of drug-likeness (QED) is 0.218. The van der Waals surface area contributed by atoms with Crippen LogP contribution in [0.5, 0.6) is 0 Å². The first-order valence-corrected chi connectivity index (χ1v) is 4.29. The topological polar surface area (TPSA) is 51.4 Å². The molecule has 1 rings (SSSR count). The van der Waals surface area contributed by atoms with Gasteiger partial charge in [-0.05, 0) is 0 Å². The van der Waals surface area contributed by atoms with E-state index in [1.165, 1.54) is 0 Å². The van der Waals surface area contributed by atoms with Crippen LogP contribution in [-0.2, 0) is 19.3 Å². The summed E-state index contributed by atoms with van der Waals surface area (Å²) >= 11 is 11.3. The maximum atomic E-state index is 10.6. The van der Waals surface area contributed by atoms with Crippen LogP contribution in [0.2, 0.25) is 0 Å². The van der Waals surface area contributed by atoms with Crippen molar-refractivity contribution in [3.63, 3.8) is 0 Å². The number of rotatable bonds is 2. The first-order valence-electron chi connectivity index (χ1n) is 2.20. The summed E-state index contributed by atoms with van der Waals surface area (Å²) in [5, 5.41) is 0. The van der Waals surface area contributed by atoms with E-state index in [1.807, 2.05) is 0 Å². The fourth-order valence-corrected chi connectivity index (χ4v) is 0.694. The second-order valence-corrected chi connectivity index (χ2v) is 4.07. The molecular formula is C3H3AsCl2O4. The molecule has 0 bridgehead atoms. The zero-order chi connectivity index (χ0) is 7.78. The van der Waals surface area contributed by atoms with Crippen molar-refractivity contribution < 1.29 is 19.3 Å². The van der Waals surface area contributed by atoms with Crippen molar-refractivity contribution in [3.8, 4) is 0 Å². The van der Waals surface area contributed by atoms with Crippen LogP contribution in [0.3, 0.4) is 0 Å². The molecule has 0 aromatic heterocycles. The normalized spacial score (nSPS) is 20.8. The molecule has 0 N–H and O–H groups in total. The summed E-state index contributed by atoms with van der Waals surface area (Å²) < 4.78 is 3.29. The first kappa shape index (κ1) is 8.62. The molecule has 0 aromatic carbocycles. The Kier molecular flexibility index (Phi) is 2.48. The van der Waals surface area contributed by atoms with Gasteiger partial charge < -0.3 is 0 Å². The van der Waals surface area contributed by atoms with Crippen molar-refractivity contribution in [2.45, 2.75) is 9.60 Å². The van der Waals surface area contributed by atoms with Gasteiger partial charge in [-0.25, -0.2) is 0 Å². The second-order valence-electron chi connectivity index (χ2n) is 1.49. The monoisotopic (exact) mass is 248 g/mol. The van der Waals surface area contributed by atoms with Crippen LogP contribution in [0.4, 0.5) is 0 Å². The third-order valence-corrected chi connectivity index (χ3v) is 1.68. The average molecular weight is 249 g/mol. The van der Waals surface area contributed by atoms with Gasteiger partial charge >= 0.3 is 74.9 Å². The molecular weight excluding hydrogens is 246 g/mol. The van der Waals surface area contributed by atoms with Gasteiger partial charge in [-0.2, -0.15) is 0 Å². The summed E-state index contributed by atoms with van der Waals surface area (Å²) in [6.07, 6.45) is 0. The molecule has 1 aliphatic heterocycles. The van der Waals surface area contributed by atoms with Gasteiger partial charge in [0.1, 0.15) is 0 Å². The summed E-state index contributed by atoms with van der Waals surface area (Å²) in [5.41, 5.74) is 0. The third kappa shape index (κ3) is 2.29. The zero-order valence-corrected chi connectivity index (χ0v) is 8.48. The molecule has 1 atom stereocenters. The third-order valence-electron chi connectivity index (χ3n) is 0.669. The number of carbonyl (C=O) groups excluding carboxylic acids is 1. The molecule has 0 spiro atoms. The number of hydrogen-bond donors (Lipinski definition) is 0. The summed E-state index contributed by atoms with van der Waals surface area (Å²) in [4.78, 5) is 17.9. The number of carbonyl (C=O) groups is 1. The van der Waals surface area contributed by atoms with E-state index in [1.54, 1.807) is 0 Å². The Morgan fingerprint density at radius 1 is 1.60 bits per heavy atom. The van der Waals surface area contributed by atoms with Gasteiger partial charge in [0.25, 0.3) is 0 Å². The molecule has 1 saturated heterocycles. The van der Waals surface area contributed by atoms with E-state index in [4.69, 9.17) is 23.2 Å².